The van der Waals surface area contributed by atoms with Crippen molar-refractivity contribution in [2.75, 3.05) is 44.4 Å². The van der Waals surface area contributed by atoms with E-state index in [1.54, 1.807) is 0 Å². The monoisotopic (exact) mass is 770 g/mol. The van der Waals surface area contributed by atoms with Gasteiger partial charge in [-0.1, -0.05) is 176 Å². The summed E-state index contributed by atoms with van der Waals surface area (Å²) in [4.78, 5) is 0. The Morgan fingerprint density at radius 3 is 0.962 bits per heavy atom. The average Bonchev–Trinajstić information content (AvgIpc) is 3.38. The van der Waals surface area contributed by atoms with Gasteiger partial charge in [0.25, 0.3) is 0 Å². The molecule has 5 rings (SSSR count). The zero-order valence-corrected chi connectivity index (χ0v) is 40.1. The molecule has 0 aliphatic carbocycles. The van der Waals surface area contributed by atoms with Crippen LogP contribution in [-0.2, 0) is 0 Å². The minimum Gasteiger partial charge on any atom is -0.601 e. The van der Waals surface area contributed by atoms with Crippen molar-refractivity contribution in [3.63, 3.8) is 0 Å². The molecule has 0 fully saturated rings. The molecule has 0 saturated carbocycles. The molecule has 0 bridgehead atoms. The van der Waals surface area contributed by atoms with Gasteiger partial charge in [0.2, 0.25) is 0 Å². The number of anilines is 4. The fourth-order valence-electron chi connectivity index (χ4n) is 8.78. The second kappa shape index (κ2) is 13.5. The minimum atomic E-state index is -3.06. The van der Waals surface area contributed by atoms with Crippen molar-refractivity contribution in [3.05, 3.63) is 83.5 Å². The molecule has 3 aromatic carbocycles. The standard InChI is InChI=1S/C43H72N5Si4/c1-40(2,3)31-45-36-27-21-22-28-37(36)46(32-41(4,5)6)51(45,49(13,14)15)44-52(50(16,17)35-25-19-18-20-26-35)47(33-42(7,8)9)38-29-23-24-30-39(38)48(52)34-43(10,11)12/h18-30H,31-34H2,1-17H3/q-1. The molecule has 0 atom stereocenters. The fourth-order valence-corrected chi connectivity index (χ4v) is 47.1. The molecule has 0 N–H and O–H groups in total. The molecule has 286 valence electrons. The lowest BCUT2D eigenvalue weighted by atomic mass is 9.96. The van der Waals surface area contributed by atoms with Crippen LogP contribution in [0.4, 0.5) is 22.7 Å². The maximum Gasteiger partial charge on any atom is 0.145 e. The third kappa shape index (κ3) is 7.50. The Morgan fingerprint density at radius 2 is 0.692 bits per heavy atom. The highest BCUT2D eigenvalue weighted by molar-refractivity contribution is 7.59. The van der Waals surface area contributed by atoms with Gasteiger partial charge in [0, 0.05) is 26.2 Å². The summed E-state index contributed by atoms with van der Waals surface area (Å²) in [6.07, 6.45) is 0. The van der Waals surface area contributed by atoms with Crippen LogP contribution < -0.4 is 23.4 Å². The molecule has 0 saturated heterocycles. The summed E-state index contributed by atoms with van der Waals surface area (Å²) in [5.74, 6) is 0. The van der Waals surface area contributed by atoms with Crippen molar-refractivity contribution >= 4 is 59.3 Å². The maximum absolute atomic E-state index is 7.25. The molecule has 3 aromatic rings. The lowest BCUT2D eigenvalue weighted by Crippen LogP contribution is -2.88. The Balaban J connectivity index is 1.99. The molecule has 5 nitrogen and oxygen atoms in total. The molecule has 2 heterocycles. The van der Waals surface area contributed by atoms with Crippen molar-refractivity contribution in [1.82, 2.24) is 0 Å². The zero-order chi connectivity index (χ0) is 38.9. The predicted molar refractivity (Wildman–Crippen MR) is 242 cm³/mol. The van der Waals surface area contributed by atoms with Gasteiger partial charge in [-0.2, -0.15) is 0 Å². The highest BCUT2D eigenvalue weighted by Crippen LogP contribution is 2.57. The minimum absolute atomic E-state index is 0.0719. The molecule has 0 amide bonds. The van der Waals surface area contributed by atoms with Gasteiger partial charge in [-0.05, 0) is 45.9 Å². The van der Waals surface area contributed by atoms with Crippen LogP contribution in [0.5, 0.6) is 0 Å². The van der Waals surface area contributed by atoms with E-state index in [1.807, 2.05) is 0 Å². The Kier molecular flexibility index (Phi) is 10.6. The Morgan fingerprint density at radius 1 is 0.423 bits per heavy atom. The first-order chi connectivity index (χ1) is 23.6. The van der Waals surface area contributed by atoms with Crippen LogP contribution >= 0.6 is 0 Å². The summed E-state index contributed by atoms with van der Waals surface area (Å²) in [5.41, 5.74) is 5.93. The number of fused-ring (bicyclic) bond motifs is 2. The van der Waals surface area contributed by atoms with Crippen molar-refractivity contribution < 1.29 is 0 Å². The van der Waals surface area contributed by atoms with Crippen molar-refractivity contribution in [3.8, 4) is 0 Å². The summed E-state index contributed by atoms with van der Waals surface area (Å²) in [5, 5.41) is 1.52. The zero-order valence-electron chi connectivity index (χ0n) is 36.1. The van der Waals surface area contributed by atoms with Gasteiger partial charge in [0.1, 0.15) is 23.7 Å². The van der Waals surface area contributed by atoms with Gasteiger partial charge in [0.05, 0.1) is 30.3 Å². The topological polar surface area (TPSA) is 27.1 Å². The highest BCUT2D eigenvalue weighted by atomic mass is 29.3. The summed E-state index contributed by atoms with van der Waals surface area (Å²) < 4.78 is 19.2. The fraction of sp³-hybridized carbons (Fsp3) is 0.581. The van der Waals surface area contributed by atoms with Gasteiger partial charge in [-0.25, -0.2) is 0 Å². The van der Waals surface area contributed by atoms with Crippen molar-refractivity contribution in [1.29, 1.82) is 0 Å². The van der Waals surface area contributed by atoms with Crippen LogP contribution in [0.3, 0.4) is 0 Å². The molecule has 9 heteroatoms. The first-order valence-electron chi connectivity index (χ1n) is 19.7. The maximum atomic E-state index is 7.25. The third-order valence-corrected chi connectivity index (χ3v) is 40.4. The van der Waals surface area contributed by atoms with Crippen LogP contribution in [-0.4, -0.2) is 57.5 Å². The van der Waals surface area contributed by atoms with E-state index in [2.05, 4.69) is 213 Å². The number of hydrogen-bond donors (Lipinski definition) is 0. The number of nitrogens with zero attached hydrogens (tertiary/aromatic N) is 5. The van der Waals surface area contributed by atoms with E-state index in [4.69, 9.17) is 4.65 Å². The Hall–Kier alpha value is -2.31. The van der Waals surface area contributed by atoms with E-state index >= 15 is 0 Å². The predicted octanol–water partition coefficient (Wildman–Crippen LogP) is 11.2. The van der Waals surface area contributed by atoms with Gasteiger partial charge < -0.3 is 22.9 Å². The molecule has 52 heavy (non-hydrogen) atoms. The molecular formula is C43H72N5Si4-. The first kappa shape index (κ1) is 40.9. The number of hydrogen-bond acceptors (Lipinski definition) is 4. The van der Waals surface area contributed by atoms with E-state index < -0.39 is 31.3 Å². The second-order valence-electron chi connectivity index (χ2n) is 22.2. The molecule has 0 unspecified atom stereocenters. The van der Waals surface area contributed by atoms with Crippen LogP contribution in [0.15, 0.2) is 78.9 Å². The van der Waals surface area contributed by atoms with Crippen LogP contribution in [0.25, 0.3) is 4.65 Å². The van der Waals surface area contributed by atoms with E-state index in [-0.39, 0.29) is 21.7 Å². The van der Waals surface area contributed by atoms with Crippen molar-refractivity contribution in [2.45, 2.75) is 116 Å². The lowest BCUT2D eigenvalue weighted by molar-refractivity contribution is 0.423. The molecular weight excluding hydrogens is 699 g/mol. The molecule has 2 aliphatic rings. The van der Waals surface area contributed by atoms with Crippen LogP contribution in [0, 0.1) is 21.7 Å². The van der Waals surface area contributed by atoms with Gasteiger partial charge in [-0.3, -0.25) is 0 Å². The van der Waals surface area contributed by atoms with Gasteiger partial charge in [0.15, 0.2) is 0 Å². The molecule has 2 aliphatic heterocycles. The SMILES string of the molecule is CC(C)(C)CN1c2ccccc2N(CC(C)(C)C)[Si]1([N-][Si]1([Si](C)(C)c2ccccc2)N(CC(C)(C)C)c2ccccc2N1CC(C)(C)C)[Si](C)(C)C. The summed E-state index contributed by atoms with van der Waals surface area (Å²) in [6.45, 7) is 46.6. The normalized spacial score (nSPS) is 17.9. The van der Waals surface area contributed by atoms with E-state index in [0.717, 1.165) is 26.2 Å². The Bertz CT molecular complexity index is 1620. The number of para-hydroxylation sites is 4. The van der Waals surface area contributed by atoms with E-state index in [1.165, 1.54) is 27.9 Å². The lowest BCUT2D eigenvalue weighted by Gasteiger charge is -2.72. The first-order valence-corrected chi connectivity index (χ1v) is 31.9. The summed E-state index contributed by atoms with van der Waals surface area (Å²) >= 11 is 0. The van der Waals surface area contributed by atoms with Crippen LogP contribution in [0.2, 0.25) is 32.7 Å². The van der Waals surface area contributed by atoms with E-state index in [0.29, 0.717) is 0 Å². The molecule has 0 spiro atoms. The smallest absolute Gasteiger partial charge is 0.145 e. The molecule has 0 aromatic heterocycles. The van der Waals surface area contributed by atoms with Crippen LogP contribution in [0.1, 0.15) is 83.1 Å². The summed E-state index contributed by atoms with van der Waals surface area (Å²) in [7, 11) is -10.6. The second-order valence-corrected chi connectivity index (χ2v) is 48.4. The number of rotatable bonds is 9. The average molecular weight is 771 g/mol. The van der Waals surface area contributed by atoms with Crippen molar-refractivity contribution in [2.24, 2.45) is 21.7 Å². The van der Waals surface area contributed by atoms with Gasteiger partial charge in [-0.15, -0.1) is 0 Å². The third-order valence-electron chi connectivity index (χ3n) is 10.6. The molecule has 0 radical (unpaired) electrons. The van der Waals surface area contributed by atoms with Gasteiger partial charge >= 0.3 is 0 Å². The number of benzene rings is 3. The largest absolute Gasteiger partial charge is 0.601 e. The van der Waals surface area contributed by atoms with E-state index in [9.17, 15) is 0 Å². The quantitative estimate of drug-likeness (QED) is 0.203. The summed E-state index contributed by atoms with van der Waals surface area (Å²) in [6, 6.07) is 30.5. The highest BCUT2D eigenvalue weighted by Gasteiger charge is 2.64. The Labute approximate surface area is 323 Å².